The van der Waals surface area contributed by atoms with Gasteiger partial charge in [-0.05, 0) is 36.8 Å². The van der Waals surface area contributed by atoms with Gasteiger partial charge in [0.15, 0.2) is 9.84 Å². The van der Waals surface area contributed by atoms with Gasteiger partial charge in [0.1, 0.15) is 11.5 Å². The van der Waals surface area contributed by atoms with E-state index >= 15 is 0 Å². The minimum absolute atomic E-state index is 0.0835. The van der Waals surface area contributed by atoms with E-state index in [1.165, 1.54) is 24.4 Å². The van der Waals surface area contributed by atoms with Gasteiger partial charge in [-0.2, -0.15) is 0 Å². The summed E-state index contributed by atoms with van der Waals surface area (Å²) in [6.45, 7) is 0. The van der Waals surface area contributed by atoms with Crippen LogP contribution in [0.15, 0.2) is 42.6 Å². The SMILES string of the molecule is O=C(Nc1cccc(F)c1)c1cc(NC2CCS(=O)(=O)C2)ccn1. The lowest BCUT2D eigenvalue weighted by molar-refractivity contribution is 0.102. The molecule has 2 heterocycles. The Morgan fingerprint density at radius 2 is 2.04 bits per heavy atom. The third-order valence-corrected chi connectivity index (χ3v) is 5.45. The van der Waals surface area contributed by atoms with Crippen LogP contribution in [0.25, 0.3) is 0 Å². The first-order valence-electron chi connectivity index (χ1n) is 7.41. The molecule has 1 amide bonds. The van der Waals surface area contributed by atoms with Crippen molar-refractivity contribution in [3.63, 3.8) is 0 Å². The van der Waals surface area contributed by atoms with Gasteiger partial charge < -0.3 is 10.6 Å². The zero-order valence-corrected chi connectivity index (χ0v) is 13.5. The fourth-order valence-corrected chi connectivity index (χ4v) is 4.22. The Kier molecular flexibility index (Phi) is 4.48. The Hall–Kier alpha value is -2.48. The zero-order chi connectivity index (χ0) is 17.2. The number of benzene rings is 1. The second kappa shape index (κ2) is 6.56. The number of aromatic nitrogens is 1. The van der Waals surface area contributed by atoms with Gasteiger partial charge in [0.25, 0.3) is 5.91 Å². The third-order valence-electron chi connectivity index (χ3n) is 3.68. The zero-order valence-electron chi connectivity index (χ0n) is 12.7. The number of carbonyl (C=O) groups is 1. The molecule has 0 bridgehead atoms. The van der Waals surface area contributed by atoms with E-state index in [1.807, 2.05) is 0 Å². The van der Waals surface area contributed by atoms with Gasteiger partial charge in [0.05, 0.1) is 11.5 Å². The fourth-order valence-electron chi connectivity index (χ4n) is 2.55. The second-order valence-corrected chi connectivity index (χ2v) is 7.87. The van der Waals surface area contributed by atoms with Gasteiger partial charge in [0.2, 0.25) is 0 Å². The van der Waals surface area contributed by atoms with E-state index in [0.717, 1.165) is 0 Å². The summed E-state index contributed by atoms with van der Waals surface area (Å²) >= 11 is 0. The number of sulfone groups is 1. The van der Waals surface area contributed by atoms with Crippen LogP contribution in [-0.2, 0) is 9.84 Å². The number of hydrogen-bond acceptors (Lipinski definition) is 5. The number of carbonyl (C=O) groups excluding carboxylic acids is 1. The Morgan fingerprint density at radius 3 is 2.75 bits per heavy atom. The van der Waals surface area contributed by atoms with Crippen LogP contribution in [0.3, 0.4) is 0 Å². The lowest BCUT2D eigenvalue weighted by Gasteiger charge is -2.13. The Balaban J connectivity index is 1.69. The minimum atomic E-state index is -2.98. The van der Waals surface area contributed by atoms with E-state index in [9.17, 15) is 17.6 Å². The van der Waals surface area contributed by atoms with E-state index in [2.05, 4.69) is 15.6 Å². The molecule has 1 fully saturated rings. The van der Waals surface area contributed by atoms with Crippen LogP contribution >= 0.6 is 0 Å². The first-order chi connectivity index (χ1) is 11.4. The Bertz CT molecular complexity index is 870. The smallest absolute Gasteiger partial charge is 0.274 e. The monoisotopic (exact) mass is 349 g/mol. The molecule has 0 aliphatic carbocycles. The van der Waals surface area contributed by atoms with Gasteiger partial charge in [0, 0.05) is 23.6 Å². The molecular weight excluding hydrogens is 333 g/mol. The molecule has 1 aliphatic rings. The van der Waals surface area contributed by atoms with E-state index in [0.29, 0.717) is 17.8 Å². The average Bonchev–Trinajstić information content (AvgIpc) is 2.86. The van der Waals surface area contributed by atoms with Crippen molar-refractivity contribution in [3.8, 4) is 0 Å². The van der Waals surface area contributed by atoms with Gasteiger partial charge in [-0.25, -0.2) is 12.8 Å². The summed E-state index contributed by atoms with van der Waals surface area (Å²) in [6, 6.07) is 8.61. The number of nitrogens with zero attached hydrogens (tertiary/aromatic N) is 1. The molecule has 2 aromatic rings. The van der Waals surface area contributed by atoms with Crippen molar-refractivity contribution in [2.24, 2.45) is 0 Å². The Morgan fingerprint density at radius 1 is 1.21 bits per heavy atom. The van der Waals surface area contributed by atoms with Gasteiger partial charge in [-0.15, -0.1) is 0 Å². The maximum Gasteiger partial charge on any atom is 0.274 e. The molecule has 24 heavy (non-hydrogen) atoms. The maximum atomic E-state index is 13.1. The molecule has 0 saturated carbocycles. The van der Waals surface area contributed by atoms with Crippen molar-refractivity contribution < 1.29 is 17.6 Å². The molecule has 2 N–H and O–H groups in total. The molecule has 1 unspecified atom stereocenters. The Labute approximate surface area is 139 Å². The summed E-state index contributed by atoms with van der Waals surface area (Å²) in [5.74, 6) is -0.662. The highest BCUT2D eigenvalue weighted by Gasteiger charge is 2.27. The number of amides is 1. The van der Waals surface area contributed by atoms with Crippen LogP contribution in [0, 0.1) is 5.82 Å². The van der Waals surface area contributed by atoms with E-state index in [4.69, 9.17) is 0 Å². The highest BCUT2D eigenvalue weighted by atomic mass is 32.2. The molecule has 6 nitrogen and oxygen atoms in total. The van der Waals surface area contributed by atoms with Gasteiger partial charge >= 0.3 is 0 Å². The first kappa shape index (κ1) is 16.4. The largest absolute Gasteiger partial charge is 0.381 e. The molecule has 0 radical (unpaired) electrons. The van der Waals surface area contributed by atoms with Crippen molar-refractivity contribution in [2.45, 2.75) is 12.5 Å². The van der Waals surface area contributed by atoms with Crippen molar-refractivity contribution in [2.75, 3.05) is 22.1 Å². The van der Waals surface area contributed by atoms with Crippen LogP contribution < -0.4 is 10.6 Å². The number of nitrogens with one attached hydrogen (secondary N) is 2. The summed E-state index contributed by atoms with van der Waals surface area (Å²) in [5, 5.41) is 5.67. The van der Waals surface area contributed by atoms with Crippen molar-refractivity contribution in [1.29, 1.82) is 0 Å². The number of hydrogen-bond donors (Lipinski definition) is 2. The normalized spacial score (nSPS) is 19.0. The predicted molar refractivity (Wildman–Crippen MR) is 89.3 cm³/mol. The standard InChI is InChI=1S/C16H16FN3O3S/c17-11-2-1-3-12(8-11)20-16(21)15-9-13(4-6-18-15)19-14-5-7-24(22,23)10-14/h1-4,6,8-9,14H,5,7,10H2,(H,18,19)(H,20,21). The minimum Gasteiger partial charge on any atom is -0.381 e. The maximum absolute atomic E-state index is 13.1. The van der Waals surface area contributed by atoms with Gasteiger partial charge in [-0.1, -0.05) is 6.07 Å². The van der Waals surface area contributed by atoms with Crippen LogP contribution in [0.4, 0.5) is 15.8 Å². The fraction of sp³-hybridized carbons (Fsp3) is 0.250. The van der Waals surface area contributed by atoms with E-state index < -0.39 is 21.6 Å². The predicted octanol–water partition coefficient (Wildman–Crippen LogP) is 2.07. The highest BCUT2D eigenvalue weighted by molar-refractivity contribution is 7.91. The lowest BCUT2D eigenvalue weighted by atomic mass is 10.2. The van der Waals surface area contributed by atoms with Crippen molar-refractivity contribution in [1.82, 2.24) is 4.98 Å². The molecule has 1 saturated heterocycles. The number of pyridine rings is 1. The quantitative estimate of drug-likeness (QED) is 0.882. The van der Waals surface area contributed by atoms with Crippen LogP contribution in [0.1, 0.15) is 16.9 Å². The molecule has 126 valence electrons. The third kappa shape index (κ3) is 4.08. The second-order valence-electron chi connectivity index (χ2n) is 5.64. The molecule has 1 aromatic heterocycles. The van der Waals surface area contributed by atoms with Crippen LogP contribution in [-0.4, -0.2) is 36.9 Å². The first-order valence-corrected chi connectivity index (χ1v) is 9.23. The summed E-state index contributed by atoms with van der Waals surface area (Å²) in [5.41, 5.74) is 1.11. The summed E-state index contributed by atoms with van der Waals surface area (Å²) in [4.78, 5) is 16.2. The number of halogens is 1. The molecular formula is C16H16FN3O3S. The number of rotatable bonds is 4. The van der Waals surface area contributed by atoms with E-state index in [-0.39, 0.29) is 23.2 Å². The molecule has 3 rings (SSSR count). The summed E-state index contributed by atoms with van der Waals surface area (Å²) in [6.07, 6.45) is 2.00. The van der Waals surface area contributed by atoms with Crippen LogP contribution in [0.2, 0.25) is 0 Å². The number of anilines is 2. The molecule has 0 spiro atoms. The topological polar surface area (TPSA) is 88.2 Å². The summed E-state index contributed by atoms with van der Waals surface area (Å²) in [7, 11) is -2.98. The molecule has 1 atom stereocenters. The van der Waals surface area contributed by atoms with Crippen LogP contribution in [0.5, 0.6) is 0 Å². The molecule has 1 aliphatic heterocycles. The molecule has 1 aromatic carbocycles. The van der Waals surface area contributed by atoms with E-state index in [1.54, 1.807) is 18.2 Å². The lowest BCUT2D eigenvalue weighted by Crippen LogP contribution is -2.21. The highest BCUT2D eigenvalue weighted by Crippen LogP contribution is 2.18. The average molecular weight is 349 g/mol. The van der Waals surface area contributed by atoms with Gasteiger partial charge in [-0.3, -0.25) is 9.78 Å². The van der Waals surface area contributed by atoms with Crippen molar-refractivity contribution >= 4 is 27.1 Å². The molecule has 8 heteroatoms. The summed E-state index contributed by atoms with van der Waals surface area (Å²) < 4.78 is 36.1. The van der Waals surface area contributed by atoms with Crippen molar-refractivity contribution in [3.05, 3.63) is 54.1 Å².